The molecule has 1 saturated carbocycles. The number of methoxy groups -OCH3 is 1. The number of carbonyl (C=O) groups is 1. The second kappa shape index (κ2) is 10.3. The predicted molar refractivity (Wildman–Crippen MR) is 137 cm³/mol. The van der Waals surface area contributed by atoms with Crippen LogP contribution in [0.15, 0.2) is 35.3 Å². The molecule has 11 heteroatoms. The minimum absolute atomic E-state index is 0.135. The number of halogens is 2. The van der Waals surface area contributed by atoms with Crippen LogP contribution in [0.2, 0.25) is 0 Å². The zero-order valence-corrected chi connectivity index (χ0v) is 21.9. The minimum Gasteiger partial charge on any atom is -0.469 e. The SMILES string of the molecule is CCc1nc(-c2nnn(C)c2Cn2cc(C3CC3(F)F)ccc2=O)ccc1N1CCC[C@H](CC(=O)OC)C1. The minimum atomic E-state index is -2.71. The Balaban J connectivity index is 1.41. The molecular weight excluding hydrogens is 494 g/mol. The first kappa shape index (κ1) is 26.0. The molecule has 2 aliphatic rings. The Bertz CT molecular complexity index is 1400. The summed E-state index contributed by atoms with van der Waals surface area (Å²) in [5.74, 6) is -3.51. The topological polar surface area (TPSA) is 95.1 Å². The molecule has 1 unspecified atom stereocenters. The number of aryl methyl sites for hydroxylation is 2. The first-order chi connectivity index (χ1) is 18.2. The van der Waals surface area contributed by atoms with Gasteiger partial charge in [-0.25, -0.2) is 18.4 Å². The van der Waals surface area contributed by atoms with Crippen LogP contribution in [-0.4, -0.2) is 56.6 Å². The first-order valence-corrected chi connectivity index (χ1v) is 13.0. The second-order valence-electron chi connectivity index (χ2n) is 10.2. The molecule has 0 aromatic carbocycles. The van der Waals surface area contributed by atoms with Gasteiger partial charge in [0.25, 0.3) is 11.5 Å². The average molecular weight is 527 g/mol. The second-order valence-corrected chi connectivity index (χ2v) is 10.2. The van der Waals surface area contributed by atoms with Crippen molar-refractivity contribution in [3.8, 4) is 11.4 Å². The van der Waals surface area contributed by atoms with Gasteiger partial charge in [0.1, 0.15) is 5.69 Å². The number of hydrogen-bond acceptors (Lipinski definition) is 7. The van der Waals surface area contributed by atoms with Gasteiger partial charge in [-0.05, 0) is 42.9 Å². The molecule has 4 heterocycles. The number of esters is 1. The van der Waals surface area contributed by atoms with Crippen molar-refractivity contribution in [3.63, 3.8) is 0 Å². The molecule has 1 saturated heterocycles. The van der Waals surface area contributed by atoms with Crippen LogP contribution >= 0.6 is 0 Å². The van der Waals surface area contributed by atoms with Crippen LogP contribution in [0.4, 0.5) is 14.5 Å². The lowest BCUT2D eigenvalue weighted by molar-refractivity contribution is -0.141. The maximum absolute atomic E-state index is 13.6. The lowest BCUT2D eigenvalue weighted by Gasteiger charge is -2.35. The number of piperidine rings is 1. The molecule has 0 radical (unpaired) electrons. The molecule has 38 heavy (non-hydrogen) atoms. The average Bonchev–Trinajstić information content (AvgIpc) is 3.41. The van der Waals surface area contributed by atoms with Gasteiger partial charge in [-0.3, -0.25) is 9.59 Å². The molecule has 0 N–H and O–H groups in total. The van der Waals surface area contributed by atoms with E-state index in [1.807, 2.05) is 19.1 Å². The Hall–Kier alpha value is -3.63. The number of ether oxygens (including phenoxy) is 1. The number of nitrogens with zero attached hydrogens (tertiary/aromatic N) is 6. The normalized spacial score (nSPS) is 20.4. The van der Waals surface area contributed by atoms with Crippen molar-refractivity contribution in [3.05, 3.63) is 57.8 Å². The van der Waals surface area contributed by atoms with Crippen LogP contribution in [0.1, 0.15) is 55.5 Å². The highest BCUT2D eigenvalue weighted by atomic mass is 19.3. The van der Waals surface area contributed by atoms with Crippen LogP contribution in [0.25, 0.3) is 11.4 Å². The highest BCUT2D eigenvalue weighted by Gasteiger charge is 2.57. The highest BCUT2D eigenvalue weighted by molar-refractivity contribution is 5.69. The summed E-state index contributed by atoms with van der Waals surface area (Å²) in [6.45, 7) is 3.83. The van der Waals surface area contributed by atoms with Crippen molar-refractivity contribution in [2.24, 2.45) is 13.0 Å². The zero-order valence-electron chi connectivity index (χ0n) is 21.9. The molecule has 3 aromatic rings. The summed E-state index contributed by atoms with van der Waals surface area (Å²) >= 11 is 0. The number of aromatic nitrogens is 5. The molecule has 2 atom stereocenters. The van der Waals surface area contributed by atoms with Gasteiger partial charge >= 0.3 is 5.97 Å². The molecule has 202 valence electrons. The van der Waals surface area contributed by atoms with Gasteiger partial charge < -0.3 is 14.2 Å². The van der Waals surface area contributed by atoms with Gasteiger partial charge in [0.2, 0.25) is 0 Å². The van der Waals surface area contributed by atoms with Gasteiger partial charge in [-0.15, -0.1) is 5.10 Å². The van der Waals surface area contributed by atoms with Gasteiger partial charge in [0, 0.05) is 45.2 Å². The molecular formula is C27H32F2N6O3. The van der Waals surface area contributed by atoms with E-state index in [1.165, 1.54) is 30.0 Å². The third-order valence-electron chi connectivity index (χ3n) is 7.57. The molecule has 1 aliphatic carbocycles. The number of anilines is 1. The molecule has 0 bridgehead atoms. The maximum Gasteiger partial charge on any atom is 0.305 e. The number of alkyl halides is 2. The van der Waals surface area contributed by atoms with Crippen molar-refractivity contribution >= 4 is 11.7 Å². The lowest BCUT2D eigenvalue weighted by Crippen LogP contribution is -2.37. The predicted octanol–water partition coefficient (Wildman–Crippen LogP) is 3.55. The van der Waals surface area contributed by atoms with Crippen LogP contribution < -0.4 is 10.5 Å². The number of pyridine rings is 2. The quantitative estimate of drug-likeness (QED) is 0.414. The fourth-order valence-corrected chi connectivity index (χ4v) is 5.31. The molecule has 0 spiro atoms. The van der Waals surface area contributed by atoms with E-state index < -0.39 is 11.8 Å². The first-order valence-electron chi connectivity index (χ1n) is 13.0. The molecule has 1 aliphatic heterocycles. The van der Waals surface area contributed by atoms with Gasteiger partial charge in [0.15, 0.2) is 0 Å². The number of hydrogen-bond donors (Lipinski definition) is 0. The summed E-state index contributed by atoms with van der Waals surface area (Å²) in [7, 11) is 3.15. The molecule has 9 nitrogen and oxygen atoms in total. The summed E-state index contributed by atoms with van der Waals surface area (Å²) in [6, 6.07) is 6.75. The van der Waals surface area contributed by atoms with Crippen LogP contribution in [0.5, 0.6) is 0 Å². The fraction of sp³-hybridized carbons (Fsp3) is 0.519. The highest BCUT2D eigenvalue weighted by Crippen LogP contribution is 2.55. The van der Waals surface area contributed by atoms with Crippen molar-refractivity contribution in [2.75, 3.05) is 25.1 Å². The summed E-state index contributed by atoms with van der Waals surface area (Å²) in [5, 5.41) is 8.49. The monoisotopic (exact) mass is 526 g/mol. The summed E-state index contributed by atoms with van der Waals surface area (Å²) in [5.41, 5.74) is 3.95. The molecule has 3 aromatic heterocycles. The Morgan fingerprint density at radius 2 is 2.03 bits per heavy atom. The zero-order chi connectivity index (χ0) is 27.0. The maximum atomic E-state index is 13.6. The van der Waals surface area contributed by atoms with Crippen LogP contribution in [0, 0.1) is 5.92 Å². The number of rotatable bonds is 8. The van der Waals surface area contributed by atoms with E-state index in [0.29, 0.717) is 35.5 Å². The van der Waals surface area contributed by atoms with E-state index in [4.69, 9.17) is 9.72 Å². The van der Waals surface area contributed by atoms with E-state index in [0.717, 1.165) is 37.3 Å². The Morgan fingerprint density at radius 1 is 1.24 bits per heavy atom. The van der Waals surface area contributed by atoms with Crippen LogP contribution in [0.3, 0.4) is 0 Å². The van der Waals surface area contributed by atoms with E-state index in [9.17, 15) is 18.4 Å². The van der Waals surface area contributed by atoms with Crippen molar-refractivity contribution in [2.45, 2.75) is 57.4 Å². The van der Waals surface area contributed by atoms with Gasteiger partial charge in [-0.2, -0.15) is 0 Å². The molecule has 2 fully saturated rings. The van der Waals surface area contributed by atoms with Gasteiger partial charge in [-0.1, -0.05) is 18.2 Å². The van der Waals surface area contributed by atoms with E-state index in [-0.39, 0.29) is 30.4 Å². The van der Waals surface area contributed by atoms with E-state index >= 15 is 0 Å². The lowest BCUT2D eigenvalue weighted by atomic mass is 9.94. The Labute approximate surface area is 219 Å². The van der Waals surface area contributed by atoms with E-state index in [1.54, 1.807) is 11.7 Å². The fourth-order valence-electron chi connectivity index (χ4n) is 5.31. The van der Waals surface area contributed by atoms with Crippen molar-refractivity contribution < 1.29 is 18.3 Å². The molecule has 0 amide bonds. The smallest absolute Gasteiger partial charge is 0.305 e. The van der Waals surface area contributed by atoms with Gasteiger partial charge in [0.05, 0.1) is 42.3 Å². The standard InChI is InChI=1S/C27H32F2N6O3/c1-4-20-22(34-11-5-6-17(14-34)12-25(37)38-3)9-8-21(30-20)26-23(33(2)32-31-26)16-35-15-18(7-10-24(35)36)19-13-27(19,28)29/h7-10,15,17,19H,4-6,11-14,16H2,1-3H3/t17-,19?/m1/s1. The summed E-state index contributed by atoms with van der Waals surface area (Å²) in [4.78, 5) is 31.6. The largest absolute Gasteiger partial charge is 0.469 e. The molecule has 5 rings (SSSR count). The Morgan fingerprint density at radius 3 is 2.74 bits per heavy atom. The summed E-state index contributed by atoms with van der Waals surface area (Å²) < 4.78 is 35.1. The van der Waals surface area contributed by atoms with Crippen molar-refractivity contribution in [1.29, 1.82) is 0 Å². The van der Waals surface area contributed by atoms with Crippen molar-refractivity contribution in [1.82, 2.24) is 24.5 Å². The number of carbonyl (C=O) groups excluding carboxylic acids is 1. The van der Waals surface area contributed by atoms with Crippen LogP contribution in [-0.2, 0) is 29.5 Å². The van der Waals surface area contributed by atoms with E-state index in [2.05, 4.69) is 15.2 Å². The third kappa shape index (κ3) is 5.19. The Kier molecular flexibility index (Phi) is 7.02. The summed E-state index contributed by atoms with van der Waals surface area (Å²) in [6.07, 6.45) is 4.40. The third-order valence-corrected chi connectivity index (χ3v) is 7.57.